The minimum atomic E-state index is -1.13. The van der Waals surface area contributed by atoms with Gasteiger partial charge in [0.1, 0.15) is 17.4 Å². The highest BCUT2D eigenvalue weighted by Crippen LogP contribution is 2.64. The van der Waals surface area contributed by atoms with Gasteiger partial charge in [-0.25, -0.2) is 0 Å². The molecule has 3 heterocycles. The van der Waals surface area contributed by atoms with E-state index in [2.05, 4.69) is 13.2 Å². The average Bonchev–Trinajstić information content (AvgIpc) is 3.69. The van der Waals surface area contributed by atoms with Crippen LogP contribution in [0.1, 0.15) is 57.9 Å². The highest BCUT2D eigenvalue weighted by Gasteiger charge is 2.79. The third-order valence-corrected chi connectivity index (χ3v) is 10.2. The lowest BCUT2D eigenvalue weighted by Gasteiger charge is -2.37. The molecule has 0 aromatic heterocycles. The molecule has 9 nitrogen and oxygen atoms in total. The number of rotatable bonds is 17. The second-order valence-electron chi connectivity index (χ2n) is 12.8. The molecule has 1 spiro atoms. The number of anilines is 1. The zero-order valence-corrected chi connectivity index (χ0v) is 27.8. The number of nitrogens with zero attached hydrogens (tertiary/aromatic N) is 3. The average molecular weight is 644 g/mol. The predicted molar refractivity (Wildman–Crippen MR) is 182 cm³/mol. The Bertz CT molecular complexity index is 1430. The third kappa shape index (κ3) is 6.35. The van der Waals surface area contributed by atoms with Gasteiger partial charge in [0.15, 0.2) is 0 Å². The first-order valence-electron chi connectivity index (χ1n) is 17.0. The van der Waals surface area contributed by atoms with E-state index in [1.807, 2.05) is 68.4 Å². The predicted octanol–water partition coefficient (Wildman–Crippen LogP) is 5.14. The molecule has 2 unspecified atom stereocenters. The van der Waals surface area contributed by atoms with E-state index in [9.17, 15) is 19.5 Å². The smallest absolute Gasteiger partial charge is 0.248 e. The summed E-state index contributed by atoms with van der Waals surface area (Å²) in [4.78, 5) is 49.4. The van der Waals surface area contributed by atoms with Gasteiger partial charge in [-0.1, -0.05) is 49.4 Å². The molecule has 0 saturated carbocycles. The summed E-state index contributed by atoms with van der Waals surface area (Å²) in [5.41, 5.74) is -0.344. The van der Waals surface area contributed by atoms with Crippen LogP contribution in [0.25, 0.3) is 0 Å². The van der Waals surface area contributed by atoms with E-state index in [0.717, 1.165) is 5.56 Å². The fourth-order valence-electron chi connectivity index (χ4n) is 8.06. The van der Waals surface area contributed by atoms with Crippen LogP contribution in [0.4, 0.5) is 5.69 Å². The number of aliphatic hydroxyl groups excluding tert-OH is 1. The van der Waals surface area contributed by atoms with Gasteiger partial charge in [-0.2, -0.15) is 0 Å². The van der Waals surface area contributed by atoms with E-state index in [0.29, 0.717) is 76.2 Å². The lowest BCUT2D eigenvalue weighted by atomic mass is 9.64. The third-order valence-electron chi connectivity index (χ3n) is 10.2. The number of amides is 3. The SMILES string of the molecule is C=CCN(Cc1ccccc1)C(=O)C1N(CCCCCO)C(=O)[C@@H]2[C@H](C(=O)N(CC=C)c3ccc(OCC)cc3)[C@]3(CC)CCC12O3. The van der Waals surface area contributed by atoms with Gasteiger partial charge in [0, 0.05) is 38.5 Å². The molecule has 5 atom stereocenters. The quantitative estimate of drug-likeness (QED) is 0.190. The molecule has 47 heavy (non-hydrogen) atoms. The fraction of sp³-hybridized carbons (Fsp3) is 0.500. The van der Waals surface area contributed by atoms with Crippen LogP contribution in [-0.4, -0.2) is 82.7 Å². The summed E-state index contributed by atoms with van der Waals surface area (Å²) in [6, 6.07) is 16.3. The van der Waals surface area contributed by atoms with Gasteiger partial charge in [-0.3, -0.25) is 14.4 Å². The number of fused-ring (bicyclic) bond motifs is 1. The Morgan fingerprint density at radius 3 is 2.36 bits per heavy atom. The van der Waals surface area contributed by atoms with E-state index in [1.165, 1.54) is 0 Å². The first-order valence-corrected chi connectivity index (χ1v) is 17.0. The fourth-order valence-corrected chi connectivity index (χ4v) is 8.06. The number of carbonyl (C=O) groups excluding carboxylic acids is 3. The molecular formula is C38H49N3O6. The first kappa shape index (κ1) is 34.4. The van der Waals surface area contributed by atoms with Crippen molar-refractivity contribution in [1.82, 2.24) is 9.80 Å². The number of likely N-dealkylation sites (tertiary alicyclic amines) is 1. The molecular weight excluding hydrogens is 594 g/mol. The molecule has 9 heteroatoms. The molecule has 1 N–H and O–H groups in total. The molecule has 3 saturated heterocycles. The van der Waals surface area contributed by atoms with Crippen molar-refractivity contribution in [3.63, 3.8) is 0 Å². The minimum Gasteiger partial charge on any atom is -0.494 e. The van der Waals surface area contributed by atoms with Gasteiger partial charge >= 0.3 is 0 Å². The Balaban J connectivity index is 1.54. The summed E-state index contributed by atoms with van der Waals surface area (Å²) >= 11 is 0. The van der Waals surface area contributed by atoms with Gasteiger partial charge in [0.05, 0.1) is 24.0 Å². The van der Waals surface area contributed by atoms with Gasteiger partial charge in [0.25, 0.3) is 0 Å². The number of hydrogen-bond acceptors (Lipinski definition) is 6. The number of aliphatic hydroxyl groups is 1. The molecule has 5 rings (SSSR count). The van der Waals surface area contributed by atoms with Crippen molar-refractivity contribution < 1.29 is 29.0 Å². The maximum atomic E-state index is 14.8. The molecule has 3 fully saturated rings. The molecule has 3 amide bonds. The normalized spacial score (nSPS) is 25.8. The van der Waals surface area contributed by atoms with E-state index >= 15 is 0 Å². The van der Waals surface area contributed by atoms with Gasteiger partial charge in [-0.15, -0.1) is 13.2 Å². The van der Waals surface area contributed by atoms with E-state index < -0.39 is 29.1 Å². The van der Waals surface area contributed by atoms with Crippen LogP contribution in [0.3, 0.4) is 0 Å². The number of hydrogen-bond donors (Lipinski definition) is 1. The Morgan fingerprint density at radius 2 is 1.72 bits per heavy atom. The highest BCUT2D eigenvalue weighted by molar-refractivity contribution is 6.03. The zero-order valence-electron chi connectivity index (χ0n) is 27.8. The van der Waals surface area contributed by atoms with Gasteiger partial charge in [0.2, 0.25) is 17.7 Å². The maximum absolute atomic E-state index is 14.8. The van der Waals surface area contributed by atoms with Crippen molar-refractivity contribution >= 4 is 23.4 Å². The number of ether oxygens (including phenoxy) is 2. The van der Waals surface area contributed by atoms with Crippen molar-refractivity contribution in [2.75, 3.05) is 37.7 Å². The van der Waals surface area contributed by atoms with Crippen LogP contribution in [0.5, 0.6) is 5.75 Å². The molecule has 2 aromatic carbocycles. The van der Waals surface area contributed by atoms with Crippen LogP contribution >= 0.6 is 0 Å². The van der Waals surface area contributed by atoms with Crippen LogP contribution in [0, 0.1) is 11.8 Å². The van der Waals surface area contributed by atoms with Crippen molar-refractivity contribution in [3.05, 3.63) is 85.5 Å². The van der Waals surface area contributed by atoms with Crippen LogP contribution in [0.2, 0.25) is 0 Å². The minimum absolute atomic E-state index is 0.0659. The summed E-state index contributed by atoms with van der Waals surface area (Å²) in [5, 5.41) is 9.39. The second kappa shape index (κ2) is 14.9. The van der Waals surface area contributed by atoms with Crippen LogP contribution in [0.15, 0.2) is 79.9 Å². The Kier molecular flexibility index (Phi) is 10.9. The maximum Gasteiger partial charge on any atom is 0.248 e. The molecule has 3 aliphatic heterocycles. The molecule has 0 aliphatic carbocycles. The summed E-state index contributed by atoms with van der Waals surface area (Å²) in [6.07, 6.45) is 6.98. The topological polar surface area (TPSA) is 99.6 Å². The highest BCUT2D eigenvalue weighted by atomic mass is 16.5. The monoisotopic (exact) mass is 643 g/mol. The van der Waals surface area contributed by atoms with E-state index in [1.54, 1.807) is 26.9 Å². The van der Waals surface area contributed by atoms with Crippen molar-refractivity contribution in [1.29, 1.82) is 0 Å². The summed E-state index contributed by atoms with van der Waals surface area (Å²) in [7, 11) is 0. The molecule has 2 aromatic rings. The lowest BCUT2D eigenvalue weighted by Crippen LogP contribution is -2.56. The van der Waals surface area contributed by atoms with Crippen molar-refractivity contribution in [3.8, 4) is 5.75 Å². The Hall–Kier alpha value is -3.95. The molecule has 0 radical (unpaired) electrons. The van der Waals surface area contributed by atoms with Crippen molar-refractivity contribution in [2.45, 2.75) is 76.2 Å². The summed E-state index contributed by atoms with van der Waals surface area (Å²) in [5.74, 6) is -1.45. The van der Waals surface area contributed by atoms with Crippen molar-refractivity contribution in [2.24, 2.45) is 11.8 Å². The van der Waals surface area contributed by atoms with Gasteiger partial charge in [-0.05, 0) is 75.3 Å². The number of carbonyl (C=O) groups is 3. The van der Waals surface area contributed by atoms with E-state index in [-0.39, 0.29) is 30.9 Å². The Morgan fingerprint density at radius 1 is 1.00 bits per heavy atom. The number of benzene rings is 2. The zero-order chi connectivity index (χ0) is 33.6. The summed E-state index contributed by atoms with van der Waals surface area (Å²) < 4.78 is 12.7. The molecule has 3 aliphatic rings. The van der Waals surface area contributed by atoms with Crippen LogP contribution < -0.4 is 9.64 Å². The van der Waals surface area contributed by atoms with Crippen LogP contribution in [-0.2, 0) is 25.7 Å². The standard InChI is InChI=1S/C38H49N3O6/c1-5-23-39(27-28-15-11-9-12-16-28)36(45)33-38-22-21-37(7-3,47-38)31(32(38)35(44)41(33)25-13-10-14-26-42)34(43)40(24-6-2)29-17-19-30(20-18-29)46-8-4/h5-6,9,11-12,15-20,31-33,42H,1-2,7-8,10,13-14,21-27H2,3-4H3/t31-,32+,33?,37+,38?/m1/s1. The van der Waals surface area contributed by atoms with E-state index in [4.69, 9.17) is 9.47 Å². The van der Waals surface area contributed by atoms with Gasteiger partial charge < -0.3 is 29.3 Å². The molecule has 252 valence electrons. The first-order chi connectivity index (χ1) is 22.8. The molecule has 2 bridgehead atoms. The lowest BCUT2D eigenvalue weighted by molar-refractivity contribution is -0.153. The largest absolute Gasteiger partial charge is 0.494 e. The summed E-state index contributed by atoms with van der Waals surface area (Å²) in [6.45, 7) is 13.6. The number of unbranched alkanes of at least 4 members (excludes halogenated alkanes) is 2. The second-order valence-corrected chi connectivity index (χ2v) is 12.8. The Labute approximate surface area is 278 Å².